The summed E-state index contributed by atoms with van der Waals surface area (Å²) in [6, 6.07) is 5.78. The van der Waals surface area contributed by atoms with Crippen LogP contribution in [0.2, 0.25) is 0 Å². The molecule has 0 fully saturated rings. The number of carbonyl (C=O) groups is 1. The average molecular weight is 400 g/mol. The van der Waals surface area contributed by atoms with Crippen LogP contribution in [0.4, 0.5) is 5.13 Å². The van der Waals surface area contributed by atoms with E-state index in [1.165, 1.54) is 16.2 Å². The maximum Gasteiger partial charge on any atom is 0.259 e. The van der Waals surface area contributed by atoms with Gasteiger partial charge < -0.3 is 4.52 Å². The Kier molecular flexibility index (Phi) is 4.48. The molecule has 0 saturated carbocycles. The molecular formula is C18H17N5O2S2. The maximum absolute atomic E-state index is 13.0. The Morgan fingerprint density at radius 3 is 2.67 bits per heavy atom. The van der Waals surface area contributed by atoms with Crippen molar-refractivity contribution in [1.82, 2.24) is 20.3 Å². The molecule has 0 radical (unpaired) electrons. The number of aryl methyl sites for hydroxylation is 2. The Bertz CT molecular complexity index is 1140. The predicted molar refractivity (Wildman–Crippen MR) is 107 cm³/mol. The molecule has 0 atom stereocenters. The number of hydrogen-bond donors (Lipinski definition) is 1. The normalized spacial score (nSPS) is 11.4. The Balaban J connectivity index is 1.76. The lowest BCUT2D eigenvalue weighted by molar-refractivity contribution is 0.102. The van der Waals surface area contributed by atoms with Gasteiger partial charge in [0.1, 0.15) is 5.01 Å². The lowest BCUT2D eigenvalue weighted by Crippen LogP contribution is -2.13. The SMILES string of the molecule is Cc1ccc(-c2cc(C(=O)Nc3nnc(C(C)C)s3)c3c(C)noc3n2)s1. The van der Waals surface area contributed by atoms with Gasteiger partial charge in [-0.25, -0.2) is 4.98 Å². The molecule has 0 spiro atoms. The maximum atomic E-state index is 13.0. The molecule has 138 valence electrons. The van der Waals surface area contributed by atoms with Crippen LogP contribution in [0.15, 0.2) is 22.7 Å². The number of fused-ring (bicyclic) bond motifs is 1. The number of nitrogens with zero attached hydrogens (tertiary/aromatic N) is 4. The van der Waals surface area contributed by atoms with Gasteiger partial charge in [0.05, 0.1) is 27.2 Å². The summed E-state index contributed by atoms with van der Waals surface area (Å²) < 4.78 is 5.33. The highest BCUT2D eigenvalue weighted by atomic mass is 32.1. The molecule has 9 heteroatoms. The van der Waals surface area contributed by atoms with Crippen LogP contribution in [-0.4, -0.2) is 26.2 Å². The number of amides is 1. The number of nitrogens with one attached hydrogen (secondary N) is 1. The molecule has 0 unspecified atom stereocenters. The van der Waals surface area contributed by atoms with E-state index in [-0.39, 0.29) is 11.8 Å². The van der Waals surface area contributed by atoms with Crippen molar-refractivity contribution < 1.29 is 9.32 Å². The summed E-state index contributed by atoms with van der Waals surface area (Å²) in [4.78, 5) is 19.6. The standard InChI is InChI=1S/C18H17N5O2S2/c1-8(2)17-21-22-18(27-17)20-15(24)11-7-12(13-6-5-9(3)26-13)19-16-14(11)10(4)23-25-16/h5-8H,1-4H3,(H,20,22,24). The quantitative estimate of drug-likeness (QED) is 0.530. The van der Waals surface area contributed by atoms with Crippen LogP contribution in [0, 0.1) is 13.8 Å². The smallest absolute Gasteiger partial charge is 0.259 e. The summed E-state index contributed by atoms with van der Waals surface area (Å²) in [5.41, 5.74) is 2.11. The number of rotatable bonds is 4. The first kappa shape index (κ1) is 17.7. The van der Waals surface area contributed by atoms with Gasteiger partial charge >= 0.3 is 0 Å². The van der Waals surface area contributed by atoms with Crippen LogP contribution >= 0.6 is 22.7 Å². The fourth-order valence-electron chi connectivity index (χ4n) is 2.66. The molecule has 0 aliphatic carbocycles. The zero-order chi connectivity index (χ0) is 19.1. The number of anilines is 1. The number of carbonyl (C=O) groups excluding carboxylic acids is 1. The van der Waals surface area contributed by atoms with Crippen molar-refractivity contribution in [2.24, 2.45) is 0 Å². The van der Waals surface area contributed by atoms with Crippen LogP contribution < -0.4 is 5.32 Å². The second-order valence-electron chi connectivity index (χ2n) is 6.47. The number of thiophene rings is 1. The van der Waals surface area contributed by atoms with Gasteiger partial charge in [0.25, 0.3) is 11.6 Å². The summed E-state index contributed by atoms with van der Waals surface area (Å²) in [5, 5.41) is 16.9. The first-order valence-electron chi connectivity index (χ1n) is 8.41. The van der Waals surface area contributed by atoms with Gasteiger partial charge in [-0.1, -0.05) is 30.3 Å². The molecule has 7 nitrogen and oxygen atoms in total. The molecule has 4 heterocycles. The molecule has 0 saturated heterocycles. The predicted octanol–water partition coefficient (Wildman–Crippen LogP) is 4.80. The van der Waals surface area contributed by atoms with E-state index in [4.69, 9.17) is 4.52 Å². The van der Waals surface area contributed by atoms with Gasteiger partial charge in [0.2, 0.25) is 5.13 Å². The first-order chi connectivity index (χ1) is 12.9. The lowest BCUT2D eigenvalue weighted by atomic mass is 10.1. The lowest BCUT2D eigenvalue weighted by Gasteiger charge is -2.05. The highest BCUT2D eigenvalue weighted by molar-refractivity contribution is 7.15. The first-order valence-corrected chi connectivity index (χ1v) is 10.0. The Morgan fingerprint density at radius 1 is 1.19 bits per heavy atom. The molecule has 0 aliphatic heterocycles. The molecule has 4 aromatic heterocycles. The monoisotopic (exact) mass is 399 g/mol. The van der Waals surface area contributed by atoms with Crippen LogP contribution in [0.1, 0.15) is 45.7 Å². The molecule has 0 bridgehead atoms. The third-order valence-corrected chi connectivity index (χ3v) is 6.17. The third-order valence-electron chi connectivity index (χ3n) is 4.01. The van der Waals surface area contributed by atoms with Crippen molar-refractivity contribution in [1.29, 1.82) is 0 Å². The van der Waals surface area contributed by atoms with E-state index < -0.39 is 0 Å². The summed E-state index contributed by atoms with van der Waals surface area (Å²) in [6.07, 6.45) is 0. The molecule has 4 aromatic rings. The zero-order valence-corrected chi connectivity index (χ0v) is 16.9. The fourth-order valence-corrected chi connectivity index (χ4v) is 4.22. The number of pyridine rings is 1. The molecule has 1 N–H and O–H groups in total. The largest absolute Gasteiger partial charge is 0.335 e. The van der Waals surface area contributed by atoms with E-state index in [2.05, 4.69) is 25.7 Å². The Labute approximate surface area is 163 Å². The van der Waals surface area contributed by atoms with E-state index in [0.717, 1.165) is 9.88 Å². The van der Waals surface area contributed by atoms with Gasteiger partial charge in [-0.05, 0) is 32.0 Å². The van der Waals surface area contributed by atoms with E-state index in [1.807, 2.05) is 32.9 Å². The molecule has 1 amide bonds. The third kappa shape index (κ3) is 3.35. The van der Waals surface area contributed by atoms with Crippen LogP contribution in [0.5, 0.6) is 0 Å². The van der Waals surface area contributed by atoms with Gasteiger partial charge in [-0.15, -0.1) is 21.5 Å². The topological polar surface area (TPSA) is 93.8 Å². The van der Waals surface area contributed by atoms with Gasteiger partial charge in [0.15, 0.2) is 0 Å². The Hall–Kier alpha value is -2.65. The van der Waals surface area contributed by atoms with Crippen LogP contribution in [-0.2, 0) is 0 Å². The summed E-state index contributed by atoms with van der Waals surface area (Å²) in [7, 11) is 0. The minimum Gasteiger partial charge on any atom is -0.335 e. The highest BCUT2D eigenvalue weighted by Gasteiger charge is 2.21. The number of hydrogen-bond acceptors (Lipinski definition) is 8. The molecule has 4 rings (SSSR count). The summed E-state index contributed by atoms with van der Waals surface area (Å²) in [5.74, 6) is -0.0237. The van der Waals surface area contributed by atoms with Crippen molar-refractivity contribution in [3.63, 3.8) is 0 Å². The minimum atomic E-state index is -0.283. The second kappa shape index (κ2) is 6.82. The zero-order valence-electron chi connectivity index (χ0n) is 15.2. The molecule has 27 heavy (non-hydrogen) atoms. The Morgan fingerprint density at radius 2 is 2.00 bits per heavy atom. The van der Waals surface area contributed by atoms with E-state index >= 15 is 0 Å². The van der Waals surface area contributed by atoms with Crippen LogP contribution in [0.3, 0.4) is 0 Å². The van der Waals surface area contributed by atoms with Gasteiger partial charge in [0, 0.05) is 10.8 Å². The van der Waals surface area contributed by atoms with Crippen molar-refractivity contribution >= 4 is 44.8 Å². The van der Waals surface area contributed by atoms with Gasteiger partial charge in [-0.3, -0.25) is 10.1 Å². The van der Waals surface area contributed by atoms with Crippen molar-refractivity contribution in [2.45, 2.75) is 33.6 Å². The molecular weight excluding hydrogens is 382 g/mol. The highest BCUT2D eigenvalue weighted by Crippen LogP contribution is 2.31. The van der Waals surface area contributed by atoms with Crippen molar-refractivity contribution in [3.05, 3.63) is 39.3 Å². The summed E-state index contributed by atoms with van der Waals surface area (Å²) >= 11 is 2.98. The van der Waals surface area contributed by atoms with Crippen molar-refractivity contribution in [2.75, 3.05) is 5.32 Å². The molecule has 0 aromatic carbocycles. The second-order valence-corrected chi connectivity index (χ2v) is 8.76. The minimum absolute atomic E-state index is 0.259. The number of aromatic nitrogens is 4. The van der Waals surface area contributed by atoms with Crippen LogP contribution in [0.25, 0.3) is 21.7 Å². The van der Waals surface area contributed by atoms with Gasteiger partial charge in [-0.2, -0.15) is 0 Å². The van der Waals surface area contributed by atoms with E-state index in [9.17, 15) is 4.79 Å². The van der Waals surface area contributed by atoms with Crippen molar-refractivity contribution in [3.8, 4) is 10.6 Å². The molecule has 0 aliphatic rings. The fraction of sp³-hybridized carbons (Fsp3) is 0.278. The summed E-state index contributed by atoms with van der Waals surface area (Å²) in [6.45, 7) is 7.89. The van der Waals surface area contributed by atoms with E-state index in [0.29, 0.717) is 33.2 Å². The van der Waals surface area contributed by atoms with E-state index in [1.54, 1.807) is 24.3 Å². The average Bonchev–Trinajstić information content (AvgIpc) is 3.35.